The number of ether oxygens (including phenoxy) is 3. The molecular weight excluding hydrogens is 290 g/mol. The van der Waals surface area contributed by atoms with E-state index in [-0.39, 0.29) is 5.97 Å². The van der Waals surface area contributed by atoms with Gasteiger partial charge in [0.25, 0.3) is 0 Å². The van der Waals surface area contributed by atoms with Crippen molar-refractivity contribution in [2.75, 3.05) is 26.6 Å². The summed E-state index contributed by atoms with van der Waals surface area (Å²) in [6.45, 7) is 2.14. The van der Waals surface area contributed by atoms with Gasteiger partial charge < -0.3 is 19.9 Å². The fraction of sp³-hybridized carbons (Fsp3) is 0.533. The fourth-order valence-corrected chi connectivity index (χ4v) is 2.72. The van der Waals surface area contributed by atoms with E-state index >= 15 is 0 Å². The van der Waals surface area contributed by atoms with Crippen LogP contribution in [0, 0.1) is 0 Å². The topological polar surface area (TPSA) is 70.8 Å². The van der Waals surface area contributed by atoms with E-state index < -0.39 is 6.04 Å². The number of hydrogen-bond donors (Lipinski definition) is 1. The van der Waals surface area contributed by atoms with Crippen LogP contribution in [-0.4, -0.2) is 38.6 Å². The molecule has 0 bridgehead atoms. The molecule has 0 aliphatic rings. The maximum absolute atomic E-state index is 11.4. The van der Waals surface area contributed by atoms with Gasteiger partial charge >= 0.3 is 5.97 Å². The van der Waals surface area contributed by atoms with Crippen LogP contribution in [0.15, 0.2) is 18.2 Å². The highest BCUT2D eigenvalue weighted by Crippen LogP contribution is 2.29. The van der Waals surface area contributed by atoms with Gasteiger partial charge in [0, 0.05) is 5.75 Å². The lowest BCUT2D eigenvalue weighted by Gasteiger charge is -2.11. The number of methoxy groups -OCH3 is 2. The molecule has 2 N–H and O–H groups in total. The van der Waals surface area contributed by atoms with Crippen LogP contribution < -0.4 is 15.2 Å². The summed E-state index contributed by atoms with van der Waals surface area (Å²) in [7, 11) is 3.23. The van der Waals surface area contributed by atoms with Crippen LogP contribution in [0.5, 0.6) is 11.5 Å². The molecule has 1 aromatic carbocycles. The zero-order chi connectivity index (χ0) is 15.7. The smallest absolute Gasteiger partial charge is 0.322 e. The summed E-state index contributed by atoms with van der Waals surface area (Å²) in [6.07, 6.45) is 0.608. The second-order valence-corrected chi connectivity index (χ2v) is 5.49. The first kappa shape index (κ1) is 17.7. The Kier molecular flexibility index (Phi) is 8.00. The average molecular weight is 313 g/mol. The van der Waals surface area contributed by atoms with E-state index in [1.807, 2.05) is 18.2 Å². The molecule has 0 aliphatic heterocycles. The molecule has 5 nitrogen and oxygen atoms in total. The molecule has 1 atom stereocenters. The van der Waals surface area contributed by atoms with E-state index in [1.54, 1.807) is 32.9 Å². The molecule has 0 spiro atoms. The van der Waals surface area contributed by atoms with Gasteiger partial charge in [-0.3, -0.25) is 4.79 Å². The van der Waals surface area contributed by atoms with Crippen LogP contribution in [0.3, 0.4) is 0 Å². The lowest BCUT2D eigenvalue weighted by Crippen LogP contribution is -2.32. The summed E-state index contributed by atoms with van der Waals surface area (Å²) in [6, 6.07) is 5.30. The standard InChI is InChI=1S/C15H23NO4S/c1-4-20-15(17)12(16)7-8-21-10-11-5-6-13(18-2)14(9-11)19-3/h5-6,9,12H,4,7-8,10,16H2,1-3H3. The van der Waals surface area contributed by atoms with E-state index in [2.05, 4.69) is 0 Å². The molecule has 0 heterocycles. The lowest BCUT2D eigenvalue weighted by molar-refractivity contribution is -0.144. The zero-order valence-electron chi connectivity index (χ0n) is 12.8. The molecule has 0 radical (unpaired) electrons. The molecule has 0 saturated heterocycles. The Morgan fingerprint density at radius 3 is 2.62 bits per heavy atom. The van der Waals surface area contributed by atoms with Crippen molar-refractivity contribution >= 4 is 17.7 Å². The maximum atomic E-state index is 11.4. The lowest BCUT2D eigenvalue weighted by atomic mass is 10.2. The molecule has 0 amide bonds. The summed E-state index contributed by atoms with van der Waals surface area (Å²) in [5.74, 6) is 2.74. The predicted molar refractivity (Wildman–Crippen MR) is 84.9 cm³/mol. The van der Waals surface area contributed by atoms with E-state index in [4.69, 9.17) is 19.9 Å². The molecule has 1 aromatic rings. The second-order valence-electron chi connectivity index (χ2n) is 4.39. The molecular formula is C15H23NO4S. The third kappa shape index (κ3) is 5.85. The molecule has 1 rings (SSSR count). The molecule has 1 unspecified atom stereocenters. The molecule has 0 aliphatic carbocycles. The van der Waals surface area contributed by atoms with Crippen molar-refractivity contribution in [3.05, 3.63) is 23.8 Å². The molecule has 6 heteroatoms. The van der Waals surface area contributed by atoms with E-state index in [1.165, 1.54) is 0 Å². The van der Waals surface area contributed by atoms with Gasteiger partial charge in [0.2, 0.25) is 0 Å². The van der Waals surface area contributed by atoms with Crippen LogP contribution >= 0.6 is 11.8 Å². The first-order valence-corrected chi connectivity index (χ1v) is 7.98. The SMILES string of the molecule is CCOC(=O)C(N)CCSCc1ccc(OC)c(OC)c1. The third-order valence-electron chi connectivity index (χ3n) is 2.88. The zero-order valence-corrected chi connectivity index (χ0v) is 13.6. The molecule has 0 saturated carbocycles. The van der Waals surface area contributed by atoms with Gasteiger partial charge in [-0.15, -0.1) is 0 Å². The Morgan fingerprint density at radius 2 is 2.00 bits per heavy atom. The molecule has 0 fully saturated rings. The summed E-state index contributed by atoms with van der Waals surface area (Å²) < 4.78 is 15.3. The monoisotopic (exact) mass is 313 g/mol. The normalized spacial score (nSPS) is 11.8. The minimum atomic E-state index is -0.539. The number of benzene rings is 1. The van der Waals surface area contributed by atoms with Crippen LogP contribution in [0.4, 0.5) is 0 Å². The number of thioether (sulfide) groups is 1. The Hall–Kier alpha value is -1.40. The summed E-state index contributed by atoms with van der Waals surface area (Å²) in [5, 5.41) is 0. The first-order valence-electron chi connectivity index (χ1n) is 6.83. The molecule has 21 heavy (non-hydrogen) atoms. The third-order valence-corrected chi connectivity index (χ3v) is 3.94. The largest absolute Gasteiger partial charge is 0.493 e. The van der Waals surface area contributed by atoms with Crippen LogP contribution in [0.25, 0.3) is 0 Å². The van der Waals surface area contributed by atoms with Gasteiger partial charge in [-0.2, -0.15) is 11.8 Å². The quantitative estimate of drug-likeness (QED) is 0.557. The Labute approximate surface area is 130 Å². The van der Waals surface area contributed by atoms with Gasteiger partial charge in [-0.1, -0.05) is 6.07 Å². The minimum absolute atomic E-state index is 0.329. The van der Waals surface area contributed by atoms with E-state index in [9.17, 15) is 4.79 Å². The van der Waals surface area contributed by atoms with Crippen molar-refractivity contribution in [2.45, 2.75) is 25.1 Å². The number of hydrogen-bond acceptors (Lipinski definition) is 6. The van der Waals surface area contributed by atoms with Crippen molar-refractivity contribution in [2.24, 2.45) is 5.73 Å². The fourth-order valence-electron chi connectivity index (χ4n) is 1.74. The van der Waals surface area contributed by atoms with Crippen molar-refractivity contribution in [1.82, 2.24) is 0 Å². The average Bonchev–Trinajstić information content (AvgIpc) is 2.51. The van der Waals surface area contributed by atoms with Crippen LogP contribution in [0.1, 0.15) is 18.9 Å². The van der Waals surface area contributed by atoms with Gasteiger partial charge in [-0.05, 0) is 36.8 Å². The van der Waals surface area contributed by atoms with Crippen molar-refractivity contribution in [3.8, 4) is 11.5 Å². The van der Waals surface area contributed by atoms with E-state index in [0.717, 1.165) is 28.6 Å². The highest BCUT2D eigenvalue weighted by Gasteiger charge is 2.13. The van der Waals surface area contributed by atoms with Crippen LogP contribution in [-0.2, 0) is 15.3 Å². The number of esters is 1. The number of carbonyl (C=O) groups is 1. The number of carbonyl (C=O) groups excluding carboxylic acids is 1. The van der Waals surface area contributed by atoms with Gasteiger partial charge in [0.1, 0.15) is 6.04 Å². The Morgan fingerprint density at radius 1 is 1.29 bits per heavy atom. The van der Waals surface area contributed by atoms with Gasteiger partial charge in [0.15, 0.2) is 11.5 Å². The summed E-state index contributed by atoms with van der Waals surface area (Å²) in [4.78, 5) is 11.4. The van der Waals surface area contributed by atoms with E-state index in [0.29, 0.717) is 13.0 Å². The summed E-state index contributed by atoms with van der Waals surface area (Å²) in [5.41, 5.74) is 6.88. The second kappa shape index (κ2) is 9.52. The highest BCUT2D eigenvalue weighted by molar-refractivity contribution is 7.98. The molecule has 118 valence electrons. The minimum Gasteiger partial charge on any atom is -0.493 e. The first-order chi connectivity index (χ1) is 10.1. The number of nitrogens with two attached hydrogens (primary N) is 1. The van der Waals surface area contributed by atoms with Crippen molar-refractivity contribution in [1.29, 1.82) is 0 Å². The van der Waals surface area contributed by atoms with Crippen molar-refractivity contribution < 1.29 is 19.0 Å². The predicted octanol–water partition coefficient (Wildman–Crippen LogP) is 2.22. The van der Waals surface area contributed by atoms with Crippen molar-refractivity contribution in [3.63, 3.8) is 0 Å². The Bertz CT molecular complexity index is 453. The summed E-state index contributed by atoms with van der Waals surface area (Å²) >= 11 is 1.72. The number of rotatable bonds is 9. The Balaban J connectivity index is 2.37. The maximum Gasteiger partial charge on any atom is 0.322 e. The highest BCUT2D eigenvalue weighted by atomic mass is 32.2. The van der Waals surface area contributed by atoms with Gasteiger partial charge in [-0.25, -0.2) is 0 Å². The molecule has 0 aromatic heterocycles. The van der Waals surface area contributed by atoms with Crippen LogP contribution in [0.2, 0.25) is 0 Å². The van der Waals surface area contributed by atoms with Gasteiger partial charge in [0.05, 0.1) is 20.8 Å².